The van der Waals surface area contributed by atoms with E-state index in [1.54, 1.807) is 12.1 Å². The van der Waals surface area contributed by atoms with Crippen molar-refractivity contribution < 1.29 is 13.9 Å². The Morgan fingerprint density at radius 1 is 1.12 bits per heavy atom. The van der Waals surface area contributed by atoms with Gasteiger partial charge < -0.3 is 9.64 Å². The molecule has 0 bridgehead atoms. The molecule has 0 spiro atoms. The lowest BCUT2D eigenvalue weighted by atomic mass is 9.97. The summed E-state index contributed by atoms with van der Waals surface area (Å²) in [7, 11) is 0. The number of hydrogen-bond acceptors (Lipinski definition) is 2. The minimum absolute atomic E-state index is 0.0816. The normalized spacial score (nSPS) is 15.4. The Balaban J connectivity index is 1.43. The average Bonchev–Trinajstić information content (AvgIpc) is 2.64. The highest BCUT2D eigenvalue weighted by molar-refractivity contribution is 9.10. The third kappa shape index (κ3) is 4.89. The highest BCUT2D eigenvalue weighted by Gasteiger charge is 2.24. The second kappa shape index (κ2) is 8.59. The molecule has 5 heteroatoms. The quantitative estimate of drug-likeness (QED) is 0.723. The van der Waals surface area contributed by atoms with Crippen LogP contribution in [0.5, 0.6) is 0 Å². The number of amides is 1. The van der Waals surface area contributed by atoms with Gasteiger partial charge in [-0.2, -0.15) is 0 Å². The molecule has 1 fully saturated rings. The number of halogens is 2. The third-order valence-electron chi connectivity index (χ3n) is 4.54. The number of rotatable bonds is 5. The van der Waals surface area contributed by atoms with Crippen LogP contribution in [0, 0.1) is 11.7 Å². The van der Waals surface area contributed by atoms with Gasteiger partial charge in [0.25, 0.3) is 5.91 Å². The molecule has 0 N–H and O–H groups in total. The van der Waals surface area contributed by atoms with Crippen LogP contribution in [0.3, 0.4) is 0 Å². The fraction of sp³-hybridized carbons (Fsp3) is 0.350. The van der Waals surface area contributed by atoms with Gasteiger partial charge in [-0.05, 0) is 64.5 Å². The van der Waals surface area contributed by atoms with E-state index < -0.39 is 0 Å². The van der Waals surface area contributed by atoms with Crippen molar-refractivity contribution in [3.8, 4) is 0 Å². The molecular formula is C20H21BrFNO2. The molecule has 0 saturated carbocycles. The van der Waals surface area contributed by atoms with Gasteiger partial charge in [-0.3, -0.25) is 4.79 Å². The molecule has 2 aromatic rings. The van der Waals surface area contributed by atoms with Gasteiger partial charge in [0.1, 0.15) is 5.82 Å². The van der Waals surface area contributed by atoms with E-state index in [-0.39, 0.29) is 11.7 Å². The minimum Gasteiger partial charge on any atom is -0.376 e. The number of ether oxygens (including phenoxy) is 1. The summed E-state index contributed by atoms with van der Waals surface area (Å²) in [6.45, 7) is 2.68. The largest absolute Gasteiger partial charge is 0.376 e. The maximum Gasteiger partial charge on any atom is 0.254 e. The lowest BCUT2D eigenvalue weighted by Crippen LogP contribution is -2.39. The molecule has 1 heterocycles. The molecule has 1 aliphatic rings. The minimum atomic E-state index is -0.231. The zero-order chi connectivity index (χ0) is 17.6. The summed E-state index contributed by atoms with van der Waals surface area (Å²) in [5, 5.41) is 0. The van der Waals surface area contributed by atoms with Crippen molar-refractivity contribution in [2.45, 2.75) is 19.4 Å². The Labute approximate surface area is 155 Å². The lowest BCUT2D eigenvalue weighted by Gasteiger charge is -2.32. The molecule has 0 radical (unpaired) electrons. The van der Waals surface area contributed by atoms with E-state index >= 15 is 0 Å². The molecular weight excluding hydrogens is 385 g/mol. The maximum atomic E-state index is 12.9. The summed E-state index contributed by atoms with van der Waals surface area (Å²) >= 11 is 3.45. The highest BCUT2D eigenvalue weighted by atomic mass is 79.9. The van der Waals surface area contributed by atoms with Gasteiger partial charge in [0, 0.05) is 24.2 Å². The number of carbonyl (C=O) groups is 1. The van der Waals surface area contributed by atoms with Crippen LogP contribution in [-0.4, -0.2) is 30.5 Å². The Morgan fingerprint density at radius 3 is 2.48 bits per heavy atom. The van der Waals surface area contributed by atoms with Crippen LogP contribution in [0.15, 0.2) is 53.0 Å². The number of hydrogen-bond donors (Lipinski definition) is 0. The number of benzene rings is 2. The summed E-state index contributed by atoms with van der Waals surface area (Å²) in [4.78, 5) is 14.5. The van der Waals surface area contributed by atoms with Crippen molar-refractivity contribution >= 4 is 21.8 Å². The van der Waals surface area contributed by atoms with Crippen molar-refractivity contribution in [3.63, 3.8) is 0 Å². The van der Waals surface area contributed by atoms with Gasteiger partial charge in [-0.1, -0.05) is 24.3 Å². The van der Waals surface area contributed by atoms with Crippen LogP contribution < -0.4 is 0 Å². The van der Waals surface area contributed by atoms with E-state index in [0.717, 1.165) is 36.0 Å². The van der Waals surface area contributed by atoms with E-state index in [1.807, 2.05) is 29.2 Å². The van der Waals surface area contributed by atoms with Gasteiger partial charge >= 0.3 is 0 Å². The first kappa shape index (κ1) is 18.1. The van der Waals surface area contributed by atoms with Crippen molar-refractivity contribution in [2.75, 3.05) is 19.7 Å². The van der Waals surface area contributed by atoms with Gasteiger partial charge in [-0.15, -0.1) is 0 Å². The summed E-state index contributed by atoms with van der Waals surface area (Å²) < 4.78 is 19.5. The van der Waals surface area contributed by atoms with Gasteiger partial charge in [0.2, 0.25) is 0 Å². The monoisotopic (exact) mass is 405 g/mol. The summed E-state index contributed by atoms with van der Waals surface area (Å²) in [5.74, 6) is 0.313. The molecule has 0 unspecified atom stereocenters. The molecule has 3 rings (SSSR count). The van der Waals surface area contributed by atoms with Crippen molar-refractivity contribution in [1.82, 2.24) is 4.90 Å². The zero-order valence-electron chi connectivity index (χ0n) is 14.0. The first-order valence-corrected chi connectivity index (χ1v) is 9.29. The Kier molecular flexibility index (Phi) is 6.21. The van der Waals surface area contributed by atoms with Gasteiger partial charge in [0.05, 0.1) is 12.2 Å². The molecule has 3 nitrogen and oxygen atoms in total. The summed E-state index contributed by atoms with van der Waals surface area (Å²) in [5.41, 5.74) is 1.69. The fourth-order valence-corrected chi connectivity index (χ4v) is 3.49. The Hall–Kier alpha value is -1.72. The van der Waals surface area contributed by atoms with Gasteiger partial charge in [-0.25, -0.2) is 4.39 Å². The van der Waals surface area contributed by atoms with E-state index in [1.165, 1.54) is 12.1 Å². The predicted molar refractivity (Wildman–Crippen MR) is 98.8 cm³/mol. The smallest absolute Gasteiger partial charge is 0.254 e. The first-order chi connectivity index (χ1) is 12.1. The number of likely N-dealkylation sites (tertiary alicyclic amines) is 1. The van der Waals surface area contributed by atoms with Crippen LogP contribution in [0.2, 0.25) is 0 Å². The zero-order valence-corrected chi connectivity index (χ0v) is 15.5. The van der Waals surface area contributed by atoms with Crippen LogP contribution in [0.25, 0.3) is 0 Å². The first-order valence-electron chi connectivity index (χ1n) is 8.49. The summed E-state index contributed by atoms with van der Waals surface area (Å²) in [6, 6.07) is 13.9. The fourth-order valence-electron chi connectivity index (χ4n) is 3.03. The molecule has 2 aromatic carbocycles. The molecule has 1 saturated heterocycles. The molecule has 1 amide bonds. The number of carbonyl (C=O) groups excluding carboxylic acids is 1. The van der Waals surface area contributed by atoms with E-state index in [2.05, 4.69) is 15.9 Å². The number of nitrogens with zero attached hydrogens (tertiary/aromatic N) is 1. The summed E-state index contributed by atoms with van der Waals surface area (Å²) in [6.07, 6.45) is 1.89. The topological polar surface area (TPSA) is 29.5 Å². The van der Waals surface area contributed by atoms with Crippen molar-refractivity contribution in [2.24, 2.45) is 5.92 Å². The van der Waals surface area contributed by atoms with E-state index in [0.29, 0.717) is 24.7 Å². The standard InChI is InChI=1S/C20H21BrFNO2/c21-19-4-2-1-3-18(19)20(24)23-11-9-16(10-12-23)14-25-13-15-5-7-17(22)8-6-15/h1-8,16H,9-14H2. The highest BCUT2D eigenvalue weighted by Crippen LogP contribution is 2.23. The van der Waals surface area contributed by atoms with E-state index in [9.17, 15) is 9.18 Å². The third-order valence-corrected chi connectivity index (χ3v) is 5.23. The SMILES string of the molecule is O=C(c1ccccc1Br)N1CCC(COCc2ccc(F)cc2)CC1. The molecule has 1 aliphatic heterocycles. The predicted octanol–water partition coefficient (Wildman–Crippen LogP) is 4.66. The second-order valence-corrected chi connectivity index (χ2v) is 7.21. The molecule has 0 atom stereocenters. The van der Waals surface area contributed by atoms with Crippen LogP contribution >= 0.6 is 15.9 Å². The maximum absolute atomic E-state index is 12.9. The Morgan fingerprint density at radius 2 is 1.80 bits per heavy atom. The average molecular weight is 406 g/mol. The van der Waals surface area contributed by atoms with Crippen LogP contribution in [-0.2, 0) is 11.3 Å². The molecule has 0 aliphatic carbocycles. The molecule has 132 valence electrons. The van der Waals surface area contributed by atoms with Crippen molar-refractivity contribution in [3.05, 3.63) is 69.9 Å². The number of piperidine rings is 1. The molecule has 0 aromatic heterocycles. The van der Waals surface area contributed by atoms with Crippen molar-refractivity contribution in [1.29, 1.82) is 0 Å². The van der Waals surface area contributed by atoms with Crippen LogP contribution in [0.1, 0.15) is 28.8 Å². The van der Waals surface area contributed by atoms with Gasteiger partial charge in [0.15, 0.2) is 0 Å². The van der Waals surface area contributed by atoms with Crippen LogP contribution in [0.4, 0.5) is 4.39 Å². The molecule has 25 heavy (non-hydrogen) atoms. The van der Waals surface area contributed by atoms with E-state index in [4.69, 9.17) is 4.74 Å². The second-order valence-electron chi connectivity index (χ2n) is 6.36. The Bertz CT molecular complexity index is 712. The lowest BCUT2D eigenvalue weighted by molar-refractivity contribution is 0.0478.